The van der Waals surface area contributed by atoms with Crippen LogP contribution in [0.1, 0.15) is 48.8 Å². The summed E-state index contributed by atoms with van der Waals surface area (Å²) in [6.45, 7) is 2.81. The average molecular weight is 257 g/mol. The number of hydrogen-bond donors (Lipinski definition) is 1. The molecule has 19 heavy (non-hydrogen) atoms. The number of hydrogen-bond acceptors (Lipinski definition) is 2. The maximum Gasteiger partial charge on any atom is 0.0527 e. The van der Waals surface area contributed by atoms with Crippen molar-refractivity contribution in [1.29, 1.82) is 0 Å². The summed E-state index contributed by atoms with van der Waals surface area (Å²) in [4.78, 5) is 2.59. The van der Waals surface area contributed by atoms with Gasteiger partial charge in [0.25, 0.3) is 0 Å². The van der Waals surface area contributed by atoms with Gasteiger partial charge in [-0.1, -0.05) is 18.6 Å². The number of aliphatic hydroxyl groups is 1. The van der Waals surface area contributed by atoms with Crippen LogP contribution in [-0.4, -0.2) is 24.8 Å². The molecule has 1 N–H and O–H groups in total. The van der Waals surface area contributed by atoms with Crippen molar-refractivity contribution in [3.8, 4) is 0 Å². The fourth-order valence-electron chi connectivity index (χ4n) is 4.25. The van der Waals surface area contributed by atoms with Crippen LogP contribution in [-0.2, 0) is 18.3 Å². The molecule has 2 heterocycles. The second-order valence-corrected chi connectivity index (χ2v) is 6.63. The Morgan fingerprint density at radius 1 is 1.00 bits per heavy atom. The normalized spacial score (nSPS) is 23.7. The van der Waals surface area contributed by atoms with Crippen molar-refractivity contribution in [1.82, 2.24) is 0 Å². The fourth-order valence-corrected chi connectivity index (χ4v) is 4.25. The van der Waals surface area contributed by atoms with Gasteiger partial charge in [-0.05, 0) is 55.2 Å². The van der Waals surface area contributed by atoms with Crippen LogP contribution in [0.3, 0.4) is 0 Å². The Morgan fingerprint density at radius 2 is 1.63 bits per heavy atom. The summed E-state index contributed by atoms with van der Waals surface area (Å²) in [6, 6.07) is 4.84. The minimum atomic E-state index is 0.102. The fraction of sp³-hybridized carbons (Fsp3) is 0.647. The zero-order valence-electron chi connectivity index (χ0n) is 11.6. The Balaban J connectivity index is 1.83. The third kappa shape index (κ3) is 1.66. The van der Waals surface area contributed by atoms with Crippen LogP contribution >= 0.6 is 0 Å². The van der Waals surface area contributed by atoms with Gasteiger partial charge in [-0.15, -0.1) is 0 Å². The van der Waals surface area contributed by atoms with E-state index >= 15 is 0 Å². The van der Waals surface area contributed by atoms with Gasteiger partial charge in [-0.3, -0.25) is 0 Å². The summed E-state index contributed by atoms with van der Waals surface area (Å²) in [7, 11) is 0. The maximum atomic E-state index is 9.81. The standard InChI is InChI=1S/C17H23NO/c19-12-17(6-3-7-17)15-10-13-4-1-8-18-9-2-5-14(11-15)16(13)18/h10-11,19H,1-9,12H2. The second-order valence-electron chi connectivity index (χ2n) is 6.63. The first-order valence-corrected chi connectivity index (χ1v) is 7.84. The van der Waals surface area contributed by atoms with Crippen LogP contribution in [0.25, 0.3) is 0 Å². The third-order valence-electron chi connectivity index (χ3n) is 5.56. The van der Waals surface area contributed by atoms with Crippen LogP contribution in [0.5, 0.6) is 0 Å². The van der Waals surface area contributed by atoms with E-state index in [0.717, 1.165) is 0 Å². The highest BCUT2D eigenvalue weighted by atomic mass is 16.3. The lowest BCUT2D eigenvalue weighted by Gasteiger charge is -2.43. The molecule has 0 atom stereocenters. The lowest BCUT2D eigenvalue weighted by Crippen LogP contribution is -2.39. The first-order chi connectivity index (χ1) is 9.32. The van der Waals surface area contributed by atoms with E-state index in [-0.39, 0.29) is 5.41 Å². The summed E-state index contributed by atoms with van der Waals surface area (Å²) in [5.41, 5.74) is 6.19. The molecule has 3 aliphatic rings. The summed E-state index contributed by atoms with van der Waals surface area (Å²) < 4.78 is 0. The van der Waals surface area contributed by atoms with Crippen LogP contribution in [0.2, 0.25) is 0 Å². The monoisotopic (exact) mass is 257 g/mol. The average Bonchev–Trinajstić information content (AvgIpc) is 2.39. The summed E-state index contributed by atoms with van der Waals surface area (Å²) in [6.07, 6.45) is 8.67. The van der Waals surface area contributed by atoms with E-state index in [2.05, 4.69) is 17.0 Å². The SMILES string of the molecule is OCC1(c2cc3c4c(c2)CCCN4CCC3)CCC1. The van der Waals surface area contributed by atoms with Crippen molar-refractivity contribution >= 4 is 5.69 Å². The molecule has 0 radical (unpaired) electrons. The molecule has 1 aliphatic carbocycles. The van der Waals surface area contributed by atoms with E-state index in [1.165, 1.54) is 63.6 Å². The van der Waals surface area contributed by atoms with Gasteiger partial charge in [0.15, 0.2) is 0 Å². The Labute approximate surface area is 115 Å². The van der Waals surface area contributed by atoms with Gasteiger partial charge in [0.2, 0.25) is 0 Å². The van der Waals surface area contributed by atoms with Gasteiger partial charge in [0.1, 0.15) is 0 Å². The Hall–Kier alpha value is -1.02. The molecule has 0 unspecified atom stereocenters. The molecule has 0 spiro atoms. The summed E-state index contributed by atoms with van der Waals surface area (Å²) in [5, 5.41) is 9.81. The molecule has 0 bridgehead atoms. The molecule has 2 aliphatic heterocycles. The van der Waals surface area contributed by atoms with Gasteiger partial charge in [-0.25, -0.2) is 0 Å². The van der Waals surface area contributed by atoms with E-state index in [4.69, 9.17) is 0 Å². The van der Waals surface area contributed by atoms with Crippen molar-refractivity contribution in [2.75, 3.05) is 24.6 Å². The van der Waals surface area contributed by atoms with Gasteiger partial charge in [0.05, 0.1) is 6.61 Å². The molecule has 0 aromatic heterocycles. The van der Waals surface area contributed by atoms with Gasteiger partial charge in [0, 0.05) is 24.2 Å². The quantitative estimate of drug-likeness (QED) is 0.880. The maximum absolute atomic E-state index is 9.81. The number of anilines is 1. The highest BCUT2D eigenvalue weighted by Gasteiger charge is 2.39. The first kappa shape index (κ1) is 11.8. The van der Waals surface area contributed by atoms with E-state index in [1.807, 2.05) is 0 Å². The van der Waals surface area contributed by atoms with Crippen molar-refractivity contribution in [2.45, 2.75) is 50.4 Å². The lowest BCUT2D eigenvalue weighted by molar-refractivity contribution is 0.120. The summed E-state index contributed by atoms with van der Waals surface area (Å²) in [5.74, 6) is 0. The molecule has 102 valence electrons. The molecular formula is C17H23NO. The van der Waals surface area contributed by atoms with E-state index in [0.29, 0.717) is 6.61 Å². The van der Waals surface area contributed by atoms with E-state index in [1.54, 1.807) is 16.8 Å². The molecule has 4 rings (SSSR count). The largest absolute Gasteiger partial charge is 0.395 e. The molecule has 1 fully saturated rings. The van der Waals surface area contributed by atoms with E-state index < -0.39 is 0 Å². The Kier molecular flexibility index (Phi) is 2.63. The van der Waals surface area contributed by atoms with Gasteiger partial charge >= 0.3 is 0 Å². The molecule has 1 aromatic rings. The molecule has 1 saturated carbocycles. The van der Waals surface area contributed by atoms with Crippen molar-refractivity contribution in [3.05, 3.63) is 28.8 Å². The lowest BCUT2D eigenvalue weighted by atomic mass is 9.64. The number of nitrogens with zero attached hydrogens (tertiary/aromatic N) is 1. The van der Waals surface area contributed by atoms with Crippen LogP contribution in [0.15, 0.2) is 12.1 Å². The van der Waals surface area contributed by atoms with E-state index in [9.17, 15) is 5.11 Å². The Morgan fingerprint density at radius 3 is 2.11 bits per heavy atom. The van der Waals surface area contributed by atoms with Gasteiger partial charge in [-0.2, -0.15) is 0 Å². The summed E-state index contributed by atoms with van der Waals surface area (Å²) >= 11 is 0. The van der Waals surface area contributed by atoms with Crippen molar-refractivity contribution < 1.29 is 5.11 Å². The van der Waals surface area contributed by atoms with Gasteiger partial charge < -0.3 is 10.0 Å². The highest BCUT2D eigenvalue weighted by Crippen LogP contribution is 2.46. The van der Waals surface area contributed by atoms with Crippen LogP contribution in [0, 0.1) is 0 Å². The van der Waals surface area contributed by atoms with Crippen molar-refractivity contribution in [3.63, 3.8) is 0 Å². The minimum Gasteiger partial charge on any atom is -0.395 e. The molecule has 2 nitrogen and oxygen atoms in total. The smallest absolute Gasteiger partial charge is 0.0527 e. The predicted molar refractivity (Wildman–Crippen MR) is 77.9 cm³/mol. The third-order valence-corrected chi connectivity index (χ3v) is 5.56. The number of aryl methyl sites for hydroxylation is 2. The predicted octanol–water partition coefficient (Wildman–Crippen LogP) is 2.80. The zero-order chi connectivity index (χ0) is 12.9. The number of aliphatic hydroxyl groups excluding tert-OH is 1. The molecular weight excluding hydrogens is 234 g/mol. The topological polar surface area (TPSA) is 23.5 Å². The second kappa shape index (κ2) is 4.24. The van der Waals surface area contributed by atoms with Crippen LogP contribution < -0.4 is 4.90 Å². The van der Waals surface area contributed by atoms with Crippen molar-refractivity contribution in [2.24, 2.45) is 0 Å². The number of rotatable bonds is 2. The Bertz CT molecular complexity index is 467. The van der Waals surface area contributed by atoms with Crippen LogP contribution in [0.4, 0.5) is 5.69 Å². The zero-order valence-corrected chi connectivity index (χ0v) is 11.6. The first-order valence-electron chi connectivity index (χ1n) is 7.84. The molecule has 0 amide bonds. The highest BCUT2D eigenvalue weighted by molar-refractivity contribution is 5.64. The molecule has 1 aromatic carbocycles. The number of benzene rings is 1. The molecule has 2 heteroatoms. The minimum absolute atomic E-state index is 0.102. The molecule has 0 saturated heterocycles.